The van der Waals surface area contributed by atoms with E-state index in [-0.39, 0.29) is 25.7 Å². The van der Waals surface area contributed by atoms with Gasteiger partial charge in [0.05, 0.1) is 23.8 Å². The van der Waals surface area contributed by atoms with Gasteiger partial charge in [-0.3, -0.25) is 4.98 Å². The Labute approximate surface area is 193 Å². The average molecular weight is 455 g/mol. The zero-order valence-electron chi connectivity index (χ0n) is 20.7. The summed E-state index contributed by atoms with van der Waals surface area (Å²) in [6.45, 7) is 3.56. The van der Waals surface area contributed by atoms with Crippen LogP contribution in [0.2, 0.25) is 0 Å². The van der Waals surface area contributed by atoms with Crippen molar-refractivity contribution in [3.8, 4) is 28.1 Å². The molecule has 5 rings (SSSR count). The number of alkyl halides is 2. The van der Waals surface area contributed by atoms with Gasteiger partial charge in [-0.25, -0.2) is 13.8 Å². The van der Waals surface area contributed by atoms with Crippen molar-refractivity contribution in [3.05, 3.63) is 47.7 Å². The number of H-pyrrole nitrogens is 1. The van der Waals surface area contributed by atoms with Crippen LogP contribution >= 0.6 is 0 Å². The first-order valence-corrected chi connectivity index (χ1v) is 10.9. The molecule has 0 saturated heterocycles. The Morgan fingerprint density at radius 1 is 1.18 bits per heavy atom. The van der Waals surface area contributed by atoms with Gasteiger partial charge in [0.15, 0.2) is 0 Å². The van der Waals surface area contributed by atoms with Crippen LogP contribution in [0, 0.1) is 19.8 Å². The molecule has 1 N–H and O–H groups in total. The lowest BCUT2D eigenvalue weighted by Crippen LogP contribution is -2.25. The molecule has 0 radical (unpaired) electrons. The predicted octanol–water partition coefficient (Wildman–Crippen LogP) is 6.27. The van der Waals surface area contributed by atoms with Gasteiger partial charge < -0.3 is 14.2 Å². The molecule has 4 aromatic rings. The summed E-state index contributed by atoms with van der Waals surface area (Å²) >= 11 is 0. The second-order valence-electron chi connectivity index (χ2n) is 8.54. The lowest BCUT2D eigenvalue weighted by molar-refractivity contribution is -0.0456. The fraction of sp³-hybridized carbons (Fsp3) is 0.400. The molecule has 1 aliphatic carbocycles. The van der Waals surface area contributed by atoms with Crippen LogP contribution in [0.3, 0.4) is 0 Å². The molecule has 0 aromatic carbocycles. The number of aromatic nitrogens is 4. The van der Waals surface area contributed by atoms with Gasteiger partial charge in [-0.05, 0) is 50.6 Å². The maximum absolute atomic E-state index is 13.9. The van der Waals surface area contributed by atoms with Gasteiger partial charge in [-0.1, -0.05) is 5.16 Å². The summed E-state index contributed by atoms with van der Waals surface area (Å²) in [6, 6.07) is 3.60. The topological polar surface area (TPSA) is 76.8 Å². The summed E-state index contributed by atoms with van der Waals surface area (Å²) in [7, 11) is 1.54. The summed E-state index contributed by atoms with van der Waals surface area (Å²) in [5, 5.41) is 4.04. The molecule has 1 saturated carbocycles. The van der Waals surface area contributed by atoms with E-state index in [4.69, 9.17) is 14.2 Å². The minimum Gasteiger partial charge on any atom is -0.481 e. The molecule has 1 aliphatic rings. The van der Waals surface area contributed by atoms with Crippen LogP contribution in [0.1, 0.15) is 45.4 Å². The van der Waals surface area contributed by atoms with Gasteiger partial charge in [0.2, 0.25) is 11.8 Å². The Balaban J connectivity index is 1.71. The van der Waals surface area contributed by atoms with Crippen molar-refractivity contribution >= 4 is 11.0 Å². The first-order chi connectivity index (χ1) is 16.6. The van der Waals surface area contributed by atoms with Crippen LogP contribution in [0.5, 0.6) is 5.88 Å². The van der Waals surface area contributed by atoms with Crippen LogP contribution in [-0.4, -0.2) is 33.1 Å². The Morgan fingerprint density at radius 2 is 1.97 bits per heavy atom. The van der Waals surface area contributed by atoms with E-state index in [0.717, 1.165) is 11.1 Å². The number of aromatic amines is 1. The molecule has 0 bridgehead atoms. The van der Waals surface area contributed by atoms with Crippen LogP contribution < -0.4 is 4.74 Å². The third kappa shape index (κ3) is 3.98. The second-order valence-corrected chi connectivity index (χ2v) is 8.54. The van der Waals surface area contributed by atoms with Gasteiger partial charge in [-0.2, -0.15) is 0 Å². The molecule has 4 heterocycles. The fourth-order valence-corrected chi connectivity index (χ4v) is 4.54. The number of methoxy groups -OCH3 is 1. The van der Waals surface area contributed by atoms with Gasteiger partial charge in [-0.15, -0.1) is 0 Å². The zero-order chi connectivity index (χ0) is 25.0. The van der Waals surface area contributed by atoms with E-state index in [1.807, 2.05) is 6.07 Å². The Kier molecular flexibility index (Phi) is 4.80. The highest BCUT2D eigenvalue weighted by molar-refractivity contribution is 5.97. The van der Waals surface area contributed by atoms with Crippen molar-refractivity contribution < 1.29 is 20.8 Å². The van der Waals surface area contributed by atoms with E-state index in [0.29, 0.717) is 45.1 Å². The zero-order valence-corrected chi connectivity index (χ0v) is 18.7. The number of ether oxygens (including phenoxy) is 1. The molecule has 0 spiro atoms. The molecule has 4 aromatic heterocycles. The van der Waals surface area contributed by atoms with Gasteiger partial charge >= 0.3 is 0 Å². The molecular weight excluding hydrogens is 426 g/mol. The van der Waals surface area contributed by atoms with Gasteiger partial charge in [0, 0.05) is 62.5 Å². The van der Waals surface area contributed by atoms with E-state index in [1.54, 1.807) is 45.6 Å². The largest absolute Gasteiger partial charge is 0.481 e. The van der Waals surface area contributed by atoms with Crippen LogP contribution in [0.4, 0.5) is 8.78 Å². The number of hydrogen-bond acceptors (Lipinski definition) is 5. The van der Waals surface area contributed by atoms with Crippen molar-refractivity contribution in [2.24, 2.45) is 5.92 Å². The number of halogens is 2. The van der Waals surface area contributed by atoms with Crippen molar-refractivity contribution in [3.63, 3.8) is 0 Å². The molecule has 172 valence electrons. The monoisotopic (exact) mass is 454 g/mol. The smallest absolute Gasteiger partial charge is 0.248 e. The minimum atomic E-state index is -2.74. The molecule has 0 amide bonds. The molecule has 0 aliphatic heterocycles. The van der Waals surface area contributed by atoms with Crippen molar-refractivity contribution in [1.82, 2.24) is 20.1 Å². The molecule has 0 unspecified atom stereocenters. The van der Waals surface area contributed by atoms with Crippen LogP contribution in [-0.2, 0) is 6.37 Å². The first kappa shape index (κ1) is 19.2. The highest BCUT2D eigenvalue weighted by Crippen LogP contribution is 2.41. The van der Waals surface area contributed by atoms with Crippen molar-refractivity contribution in [1.29, 1.82) is 0 Å². The SMILES string of the molecule is [2H]C([2H])(c1c(-c2c(C)noc2C)cnc2c(-c3ccc(OC)nc3)c[nH]c12)C1CCC(F)(F)CC1. The molecular formula is C25H26F2N4O2. The predicted molar refractivity (Wildman–Crippen MR) is 121 cm³/mol. The van der Waals surface area contributed by atoms with Gasteiger partial charge in [0.25, 0.3) is 0 Å². The summed E-state index contributed by atoms with van der Waals surface area (Å²) in [6.07, 6.45) is 2.73. The Hall–Kier alpha value is -3.29. The standard InChI is InChI=1S/C25H26F2N4O2/c1-14-22(15(2)33-31-14)20-13-30-24-19(17-4-5-21(32-3)28-11-17)12-29-23(24)18(20)10-16-6-8-25(26,27)9-7-16/h4-5,11-13,16,29H,6-10H2,1-3H3/i10D2. The maximum atomic E-state index is 13.9. The van der Waals surface area contributed by atoms with E-state index in [2.05, 4.69) is 15.1 Å². The summed E-state index contributed by atoms with van der Waals surface area (Å²) in [4.78, 5) is 12.2. The summed E-state index contributed by atoms with van der Waals surface area (Å²) in [5.41, 5.74) is 4.87. The number of pyridine rings is 2. The lowest BCUT2D eigenvalue weighted by atomic mass is 9.81. The maximum Gasteiger partial charge on any atom is 0.248 e. The number of nitrogens with one attached hydrogen (secondary N) is 1. The third-order valence-electron chi connectivity index (χ3n) is 6.32. The van der Waals surface area contributed by atoms with Crippen LogP contribution in [0.25, 0.3) is 33.3 Å². The first-order valence-electron chi connectivity index (χ1n) is 11.9. The molecule has 0 atom stereocenters. The minimum absolute atomic E-state index is 0.0980. The lowest BCUT2D eigenvalue weighted by Gasteiger charge is -2.28. The van der Waals surface area contributed by atoms with Crippen LogP contribution in [0.15, 0.2) is 35.2 Å². The summed E-state index contributed by atoms with van der Waals surface area (Å²) in [5.74, 6) is -2.29. The highest BCUT2D eigenvalue weighted by Gasteiger charge is 2.35. The fourth-order valence-electron chi connectivity index (χ4n) is 4.54. The van der Waals surface area contributed by atoms with Crippen molar-refractivity contribution in [2.75, 3.05) is 7.11 Å². The van der Waals surface area contributed by atoms with Gasteiger partial charge in [0.1, 0.15) is 5.76 Å². The number of nitrogens with zero attached hydrogens (tertiary/aromatic N) is 3. The number of hydrogen-bond donors (Lipinski definition) is 1. The normalized spacial score (nSPS) is 17.7. The number of fused-ring (bicyclic) bond motifs is 1. The van der Waals surface area contributed by atoms with E-state index in [9.17, 15) is 11.5 Å². The molecule has 8 heteroatoms. The van der Waals surface area contributed by atoms with E-state index < -0.39 is 18.2 Å². The number of aryl methyl sites for hydroxylation is 2. The van der Waals surface area contributed by atoms with Crippen molar-refractivity contribution in [2.45, 2.75) is 51.8 Å². The molecule has 33 heavy (non-hydrogen) atoms. The molecule has 1 fully saturated rings. The number of rotatable bonds is 5. The van der Waals surface area contributed by atoms with E-state index in [1.165, 1.54) is 0 Å². The molecule has 6 nitrogen and oxygen atoms in total. The second kappa shape index (κ2) is 8.24. The van der Waals surface area contributed by atoms with E-state index >= 15 is 0 Å². The Bertz CT molecular complexity index is 1350. The summed E-state index contributed by atoms with van der Waals surface area (Å²) < 4.78 is 56.8. The third-order valence-corrected chi connectivity index (χ3v) is 6.32. The Morgan fingerprint density at radius 3 is 2.61 bits per heavy atom. The average Bonchev–Trinajstić information content (AvgIpc) is 3.40. The highest BCUT2D eigenvalue weighted by atomic mass is 19.3. The quantitative estimate of drug-likeness (QED) is 0.384.